The zero-order valence-electron chi connectivity index (χ0n) is 31.7. The second-order valence-electron chi connectivity index (χ2n) is 13.7. The normalized spacial score (nSPS) is 15.5. The molecular formula is C45H58N4O4. The van der Waals surface area contributed by atoms with Crippen molar-refractivity contribution in [1.29, 1.82) is 0 Å². The lowest BCUT2D eigenvalue weighted by atomic mass is 10.1. The molecule has 3 aromatic rings. The summed E-state index contributed by atoms with van der Waals surface area (Å²) >= 11 is 0. The highest BCUT2D eigenvalue weighted by Gasteiger charge is 2.27. The summed E-state index contributed by atoms with van der Waals surface area (Å²) in [6.07, 6.45) is 27.3. The third-order valence-electron chi connectivity index (χ3n) is 9.77. The molecule has 0 radical (unpaired) electrons. The van der Waals surface area contributed by atoms with Gasteiger partial charge in [-0.1, -0.05) is 91.9 Å². The summed E-state index contributed by atoms with van der Waals surface area (Å²) in [5.41, 5.74) is 2.30. The number of ether oxygens (including phenoxy) is 2. The minimum absolute atomic E-state index is 0.0881. The standard InChI is InChI=1S/C45H58N4O4/c1-2-3-4-5-6-7-8-9-10-11-12-13-14-15-16-26-44(51)53-37-49-43(50)30-28-39-27-29-42(46-45(39)49)52-36-20-19-31-47-32-34-48(35-33-47)41-25-21-23-38-22-17-18-24-40(38)41/h3-4,6-7,9-10,12-13,17-18,21-25,27,29H,2,5,8,11,14-16,19-20,26,28,30-37H2,1H3. The van der Waals surface area contributed by atoms with E-state index in [1.807, 2.05) is 12.1 Å². The van der Waals surface area contributed by atoms with Crippen LogP contribution in [0.5, 0.6) is 5.88 Å². The van der Waals surface area contributed by atoms with Crippen molar-refractivity contribution in [2.24, 2.45) is 0 Å². The van der Waals surface area contributed by atoms with Gasteiger partial charge in [0.05, 0.1) is 6.61 Å². The molecule has 282 valence electrons. The van der Waals surface area contributed by atoms with E-state index in [0.717, 1.165) is 96.1 Å². The Labute approximate surface area is 316 Å². The number of unbranched alkanes of at least 4 members (excludes halogenated alkanes) is 3. The third-order valence-corrected chi connectivity index (χ3v) is 9.77. The zero-order valence-corrected chi connectivity index (χ0v) is 31.7. The molecule has 2 aliphatic heterocycles. The Morgan fingerprint density at radius 1 is 0.774 bits per heavy atom. The Kier molecular flexibility index (Phi) is 16.7. The molecule has 0 N–H and O–H groups in total. The first kappa shape index (κ1) is 39.5. The van der Waals surface area contributed by atoms with Gasteiger partial charge in [-0.25, -0.2) is 0 Å². The number of fused-ring (bicyclic) bond motifs is 2. The van der Waals surface area contributed by atoms with E-state index in [0.29, 0.717) is 37.6 Å². The first-order valence-corrected chi connectivity index (χ1v) is 19.8. The smallest absolute Gasteiger partial charge is 0.307 e. The quantitative estimate of drug-likeness (QED) is 0.0618. The molecule has 1 amide bonds. The van der Waals surface area contributed by atoms with Crippen LogP contribution in [0.25, 0.3) is 10.8 Å². The van der Waals surface area contributed by atoms with Gasteiger partial charge in [0, 0.05) is 56.2 Å². The summed E-state index contributed by atoms with van der Waals surface area (Å²) in [7, 11) is 0. The molecule has 0 bridgehead atoms. The fourth-order valence-corrected chi connectivity index (χ4v) is 6.75. The average molecular weight is 719 g/mol. The van der Waals surface area contributed by atoms with Gasteiger partial charge in [-0.2, -0.15) is 4.98 Å². The van der Waals surface area contributed by atoms with Crippen LogP contribution in [0.1, 0.15) is 83.1 Å². The number of carbonyl (C=O) groups is 2. The maximum absolute atomic E-state index is 12.8. The van der Waals surface area contributed by atoms with Crippen LogP contribution in [0.2, 0.25) is 0 Å². The number of anilines is 2. The predicted molar refractivity (Wildman–Crippen MR) is 218 cm³/mol. The molecule has 1 aromatic heterocycles. The number of pyridine rings is 1. The van der Waals surface area contributed by atoms with Crippen molar-refractivity contribution in [3.8, 4) is 5.88 Å². The fourth-order valence-electron chi connectivity index (χ4n) is 6.75. The molecule has 0 saturated carbocycles. The van der Waals surface area contributed by atoms with Crippen molar-refractivity contribution >= 4 is 34.2 Å². The van der Waals surface area contributed by atoms with Crippen LogP contribution < -0.4 is 14.5 Å². The summed E-state index contributed by atoms with van der Waals surface area (Å²) in [6, 6.07) is 19.0. The minimum atomic E-state index is -0.294. The molecule has 8 nitrogen and oxygen atoms in total. The van der Waals surface area contributed by atoms with E-state index < -0.39 is 0 Å². The highest BCUT2D eigenvalue weighted by molar-refractivity contribution is 5.95. The molecular weight excluding hydrogens is 661 g/mol. The SMILES string of the molecule is CCC=CCC=CCC=CCC=CCCCCC(=O)OCN1C(=O)CCc2ccc(OCCCCN3CCN(c4cccc5ccccc45)CC3)nc21. The molecule has 0 unspecified atom stereocenters. The van der Waals surface area contributed by atoms with Crippen LogP contribution >= 0.6 is 0 Å². The van der Waals surface area contributed by atoms with Crippen LogP contribution in [0.4, 0.5) is 11.5 Å². The molecule has 1 fully saturated rings. The van der Waals surface area contributed by atoms with E-state index >= 15 is 0 Å². The maximum Gasteiger partial charge on any atom is 0.307 e. The highest BCUT2D eigenvalue weighted by Crippen LogP contribution is 2.29. The number of benzene rings is 2. The van der Waals surface area contributed by atoms with Crippen molar-refractivity contribution in [1.82, 2.24) is 9.88 Å². The molecule has 2 aliphatic rings. The van der Waals surface area contributed by atoms with E-state index in [1.54, 1.807) is 0 Å². The summed E-state index contributed by atoms with van der Waals surface area (Å²) in [4.78, 5) is 36.5. The summed E-state index contributed by atoms with van der Waals surface area (Å²) in [5, 5.41) is 2.61. The average Bonchev–Trinajstić information content (AvgIpc) is 3.19. The van der Waals surface area contributed by atoms with Gasteiger partial charge in [0.1, 0.15) is 5.82 Å². The van der Waals surface area contributed by atoms with Crippen LogP contribution in [0.15, 0.2) is 103 Å². The number of nitrogens with zero attached hydrogens (tertiary/aromatic N) is 4. The fraction of sp³-hybridized carbons (Fsp3) is 0.444. The number of rotatable bonds is 21. The van der Waals surface area contributed by atoms with Gasteiger partial charge in [-0.05, 0) is 93.8 Å². The van der Waals surface area contributed by atoms with Crippen molar-refractivity contribution in [2.75, 3.05) is 55.9 Å². The molecule has 5 rings (SSSR count). The third kappa shape index (κ3) is 13.0. The number of hydrogen-bond acceptors (Lipinski definition) is 7. The van der Waals surface area contributed by atoms with Crippen LogP contribution in [0.3, 0.4) is 0 Å². The topological polar surface area (TPSA) is 75.2 Å². The second-order valence-corrected chi connectivity index (χ2v) is 13.7. The summed E-state index contributed by atoms with van der Waals surface area (Å²) in [5.74, 6) is 0.650. The molecule has 3 heterocycles. The highest BCUT2D eigenvalue weighted by atomic mass is 16.5. The zero-order chi connectivity index (χ0) is 36.9. The van der Waals surface area contributed by atoms with Gasteiger partial charge < -0.3 is 14.4 Å². The number of carbonyl (C=O) groups excluding carboxylic acids is 2. The van der Waals surface area contributed by atoms with Gasteiger partial charge in [-0.15, -0.1) is 0 Å². The maximum atomic E-state index is 12.8. The van der Waals surface area contributed by atoms with E-state index in [2.05, 4.69) is 113 Å². The molecule has 8 heteroatoms. The molecule has 53 heavy (non-hydrogen) atoms. The number of amides is 1. The summed E-state index contributed by atoms with van der Waals surface area (Å²) in [6.45, 7) is 7.79. The Morgan fingerprint density at radius 2 is 1.51 bits per heavy atom. The van der Waals surface area contributed by atoms with Gasteiger partial charge in [0.15, 0.2) is 6.73 Å². The Morgan fingerprint density at radius 3 is 2.30 bits per heavy atom. The molecule has 2 aromatic carbocycles. The first-order valence-electron chi connectivity index (χ1n) is 19.8. The lowest BCUT2D eigenvalue weighted by Gasteiger charge is -2.36. The van der Waals surface area contributed by atoms with Gasteiger partial charge in [-0.3, -0.25) is 19.4 Å². The number of piperazine rings is 1. The number of aryl methyl sites for hydroxylation is 1. The van der Waals surface area contributed by atoms with Crippen molar-refractivity contribution in [3.05, 3.63) is 109 Å². The molecule has 0 spiro atoms. The van der Waals surface area contributed by atoms with E-state index in [1.165, 1.54) is 21.4 Å². The molecule has 0 aliphatic carbocycles. The van der Waals surface area contributed by atoms with Crippen molar-refractivity contribution in [3.63, 3.8) is 0 Å². The minimum Gasteiger partial charge on any atom is -0.478 e. The first-order chi connectivity index (χ1) is 26.1. The predicted octanol–water partition coefficient (Wildman–Crippen LogP) is 9.36. The summed E-state index contributed by atoms with van der Waals surface area (Å²) < 4.78 is 11.6. The molecule has 1 saturated heterocycles. The van der Waals surface area contributed by atoms with Crippen LogP contribution in [-0.2, 0) is 20.7 Å². The van der Waals surface area contributed by atoms with Gasteiger partial charge >= 0.3 is 5.97 Å². The Balaban J connectivity index is 0.943. The number of allylic oxidation sites excluding steroid dienone is 8. The van der Waals surface area contributed by atoms with Crippen LogP contribution in [0, 0.1) is 0 Å². The Bertz CT molecular complexity index is 1700. The second kappa shape index (κ2) is 22.4. The lowest BCUT2D eigenvalue weighted by molar-refractivity contribution is -0.144. The van der Waals surface area contributed by atoms with Crippen molar-refractivity contribution < 1.29 is 19.1 Å². The van der Waals surface area contributed by atoms with E-state index in [-0.39, 0.29) is 18.6 Å². The van der Waals surface area contributed by atoms with E-state index in [4.69, 9.17) is 9.47 Å². The van der Waals surface area contributed by atoms with Gasteiger partial charge in [0.2, 0.25) is 11.8 Å². The number of aromatic nitrogens is 1. The van der Waals surface area contributed by atoms with Crippen LogP contribution in [-0.4, -0.2) is 67.8 Å². The van der Waals surface area contributed by atoms with E-state index in [9.17, 15) is 9.59 Å². The molecule has 0 atom stereocenters. The van der Waals surface area contributed by atoms with Crippen molar-refractivity contribution in [2.45, 2.75) is 84.0 Å². The number of hydrogen-bond donors (Lipinski definition) is 0. The lowest BCUT2D eigenvalue weighted by Crippen LogP contribution is -2.46. The largest absolute Gasteiger partial charge is 0.478 e. The van der Waals surface area contributed by atoms with Gasteiger partial charge in [0.25, 0.3) is 0 Å². The number of esters is 1. The monoisotopic (exact) mass is 718 g/mol. The Hall–Kier alpha value is -4.69.